The van der Waals surface area contributed by atoms with Gasteiger partial charge in [0.1, 0.15) is 0 Å². The molecule has 0 radical (unpaired) electrons. The molecule has 1 heterocycles. The quantitative estimate of drug-likeness (QED) is 0.787. The Balaban J connectivity index is 0.00000162. The summed E-state index contributed by atoms with van der Waals surface area (Å²) in [6, 6.07) is 7.51. The van der Waals surface area contributed by atoms with Gasteiger partial charge in [0, 0.05) is 23.6 Å². The number of aromatic nitrogens is 1. The number of likely N-dealkylation sites (N-methyl/N-ethyl adjacent to an activating group) is 1. The lowest BCUT2D eigenvalue weighted by Crippen LogP contribution is -2.41. The predicted molar refractivity (Wildman–Crippen MR) is 75.9 cm³/mol. The van der Waals surface area contributed by atoms with Gasteiger partial charge in [0.2, 0.25) is 5.91 Å². The van der Waals surface area contributed by atoms with E-state index in [1.807, 2.05) is 37.4 Å². The second-order valence-electron chi connectivity index (χ2n) is 4.06. The average Bonchev–Trinajstić information content (AvgIpc) is 2.73. The highest BCUT2D eigenvalue weighted by Gasteiger charge is 2.14. The summed E-state index contributed by atoms with van der Waals surface area (Å²) in [4.78, 5) is 14.7. The van der Waals surface area contributed by atoms with Gasteiger partial charge in [-0.3, -0.25) is 4.79 Å². The second-order valence-corrected chi connectivity index (χ2v) is 4.06. The summed E-state index contributed by atoms with van der Waals surface area (Å²) in [5, 5.41) is 3.86. The van der Waals surface area contributed by atoms with E-state index in [2.05, 4.69) is 10.3 Å². The molecule has 5 heteroatoms. The normalized spacial score (nSPS) is 11.9. The fourth-order valence-corrected chi connectivity index (χ4v) is 1.94. The third-order valence-electron chi connectivity index (χ3n) is 2.80. The smallest absolute Gasteiger partial charge is 0.237 e. The summed E-state index contributed by atoms with van der Waals surface area (Å²) in [6.45, 7) is 2.50. The predicted octanol–water partition coefficient (Wildman–Crippen LogP) is 1.60. The molecule has 0 aliphatic rings. The molecule has 0 aliphatic heterocycles. The van der Waals surface area contributed by atoms with Crippen LogP contribution in [0.4, 0.5) is 0 Å². The van der Waals surface area contributed by atoms with Crippen LogP contribution >= 0.6 is 12.4 Å². The van der Waals surface area contributed by atoms with Crippen LogP contribution in [-0.2, 0) is 11.2 Å². The molecular formula is C13H18ClN3O. The zero-order valence-electron chi connectivity index (χ0n) is 10.3. The molecule has 0 fully saturated rings. The molecule has 1 amide bonds. The van der Waals surface area contributed by atoms with Crippen molar-refractivity contribution in [3.05, 3.63) is 36.0 Å². The van der Waals surface area contributed by atoms with Gasteiger partial charge in [-0.15, -0.1) is 12.4 Å². The van der Waals surface area contributed by atoms with Crippen LogP contribution < -0.4 is 11.1 Å². The molecule has 4 N–H and O–H groups in total. The van der Waals surface area contributed by atoms with Gasteiger partial charge in [-0.1, -0.05) is 18.2 Å². The van der Waals surface area contributed by atoms with E-state index in [0.717, 1.165) is 16.5 Å². The minimum absolute atomic E-state index is 0. The summed E-state index contributed by atoms with van der Waals surface area (Å²) in [5.41, 5.74) is 8.02. The maximum absolute atomic E-state index is 11.6. The molecule has 1 aromatic heterocycles. The molecule has 0 aliphatic carbocycles. The fraction of sp³-hybridized carbons (Fsp3) is 0.308. The van der Waals surface area contributed by atoms with Crippen LogP contribution in [0, 0.1) is 0 Å². The van der Waals surface area contributed by atoms with Gasteiger partial charge in [0.05, 0.1) is 6.04 Å². The highest BCUT2D eigenvalue weighted by molar-refractivity contribution is 5.86. The Labute approximate surface area is 112 Å². The molecule has 0 unspecified atom stereocenters. The molecule has 0 spiro atoms. The van der Waals surface area contributed by atoms with Crippen molar-refractivity contribution in [2.45, 2.75) is 19.4 Å². The van der Waals surface area contributed by atoms with E-state index in [1.54, 1.807) is 0 Å². The van der Waals surface area contributed by atoms with E-state index in [-0.39, 0.29) is 18.3 Å². The third kappa shape index (κ3) is 3.03. The van der Waals surface area contributed by atoms with Crippen molar-refractivity contribution in [2.24, 2.45) is 5.73 Å². The van der Waals surface area contributed by atoms with Crippen molar-refractivity contribution >= 4 is 29.2 Å². The van der Waals surface area contributed by atoms with Crippen molar-refractivity contribution in [3.8, 4) is 0 Å². The first kappa shape index (κ1) is 14.5. The Kier molecular flexibility index (Phi) is 5.19. The standard InChI is InChI=1S/C13H17N3O.ClH/c1-2-15-13(17)11(14)7-9-8-16-12-6-4-3-5-10(9)12;/h3-6,8,11,16H,2,7,14H2,1H3,(H,15,17);1H/t11-;/m0./s1. The molecular weight excluding hydrogens is 250 g/mol. The zero-order chi connectivity index (χ0) is 12.3. The number of aromatic amines is 1. The van der Waals surface area contributed by atoms with Crippen molar-refractivity contribution in [1.29, 1.82) is 0 Å². The first-order valence-corrected chi connectivity index (χ1v) is 5.80. The Morgan fingerprint density at radius 2 is 2.17 bits per heavy atom. The Morgan fingerprint density at radius 1 is 1.44 bits per heavy atom. The van der Waals surface area contributed by atoms with Crippen LogP contribution in [0.1, 0.15) is 12.5 Å². The number of nitrogens with two attached hydrogens (primary N) is 1. The van der Waals surface area contributed by atoms with Crippen LogP contribution in [-0.4, -0.2) is 23.5 Å². The number of para-hydroxylation sites is 1. The first-order valence-electron chi connectivity index (χ1n) is 5.80. The fourth-order valence-electron chi connectivity index (χ4n) is 1.94. The van der Waals surface area contributed by atoms with Gasteiger partial charge >= 0.3 is 0 Å². The Morgan fingerprint density at radius 3 is 2.89 bits per heavy atom. The number of hydrogen-bond acceptors (Lipinski definition) is 2. The summed E-state index contributed by atoms with van der Waals surface area (Å²) in [6.07, 6.45) is 2.47. The van der Waals surface area contributed by atoms with E-state index in [1.165, 1.54) is 0 Å². The van der Waals surface area contributed by atoms with Gasteiger partial charge in [-0.05, 0) is 25.0 Å². The van der Waals surface area contributed by atoms with Crippen LogP contribution in [0.5, 0.6) is 0 Å². The number of rotatable bonds is 4. The average molecular weight is 268 g/mol. The Hall–Kier alpha value is -1.52. The zero-order valence-corrected chi connectivity index (χ0v) is 11.1. The van der Waals surface area contributed by atoms with Gasteiger partial charge in [0.25, 0.3) is 0 Å². The lowest BCUT2D eigenvalue weighted by molar-refractivity contribution is -0.122. The number of fused-ring (bicyclic) bond motifs is 1. The Bertz CT molecular complexity index is 524. The minimum atomic E-state index is -0.492. The van der Waals surface area contributed by atoms with Gasteiger partial charge in [-0.2, -0.15) is 0 Å². The summed E-state index contributed by atoms with van der Waals surface area (Å²) < 4.78 is 0. The lowest BCUT2D eigenvalue weighted by Gasteiger charge is -2.10. The van der Waals surface area contributed by atoms with E-state index in [0.29, 0.717) is 13.0 Å². The van der Waals surface area contributed by atoms with E-state index < -0.39 is 6.04 Å². The topological polar surface area (TPSA) is 70.9 Å². The molecule has 4 nitrogen and oxygen atoms in total. The summed E-state index contributed by atoms with van der Waals surface area (Å²) >= 11 is 0. The number of carbonyl (C=O) groups is 1. The third-order valence-corrected chi connectivity index (χ3v) is 2.80. The van der Waals surface area contributed by atoms with E-state index in [4.69, 9.17) is 5.73 Å². The first-order chi connectivity index (χ1) is 8.22. The molecule has 0 saturated heterocycles. The lowest BCUT2D eigenvalue weighted by atomic mass is 10.1. The maximum Gasteiger partial charge on any atom is 0.237 e. The monoisotopic (exact) mass is 267 g/mol. The molecule has 0 saturated carbocycles. The number of halogens is 1. The number of hydrogen-bond donors (Lipinski definition) is 3. The van der Waals surface area contributed by atoms with Gasteiger partial charge in [-0.25, -0.2) is 0 Å². The highest BCUT2D eigenvalue weighted by atomic mass is 35.5. The van der Waals surface area contributed by atoms with Crippen LogP contribution in [0.15, 0.2) is 30.5 Å². The molecule has 2 aromatic rings. The van der Waals surface area contributed by atoms with Crippen molar-refractivity contribution < 1.29 is 4.79 Å². The van der Waals surface area contributed by atoms with Gasteiger partial charge < -0.3 is 16.0 Å². The van der Waals surface area contributed by atoms with Gasteiger partial charge in [0.15, 0.2) is 0 Å². The summed E-state index contributed by atoms with van der Waals surface area (Å²) in [5.74, 6) is -0.0993. The largest absolute Gasteiger partial charge is 0.361 e. The number of nitrogens with one attached hydrogen (secondary N) is 2. The molecule has 0 bridgehead atoms. The van der Waals surface area contributed by atoms with Crippen molar-refractivity contribution in [2.75, 3.05) is 6.54 Å². The van der Waals surface area contributed by atoms with E-state index in [9.17, 15) is 4.79 Å². The van der Waals surface area contributed by atoms with Crippen molar-refractivity contribution in [1.82, 2.24) is 10.3 Å². The second kappa shape index (κ2) is 6.42. The number of benzene rings is 1. The van der Waals surface area contributed by atoms with Crippen LogP contribution in [0.2, 0.25) is 0 Å². The summed E-state index contributed by atoms with van der Waals surface area (Å²) in [7, 11) is 0. The van der Waals surface area contributed by atoms with Crippen LogP contribution in [0.25, 0.3) is 10.9 Å². The van der Waals surface area contributed by atoms with Crippen molar-refractivity contribution in [3.63, 3.8) is 0 Å². The molecule has 1 aromatic carbocycles. The molecule has 1 atom stereocenters. The molecule has 2 rings (SSSR count). The number of amides is 1. The molecule has 98 valence electrons. The number of H-pyrrole nitrogens is 1. The highest BCUT2D eigenvalue weighted by Crippen LogP contribution is 2.18. The SMILES string of the molecule is CCNC(=O)[C@@H](N)Cc1c[nH]c2ccccc12.Cl. The van der Waals surface area contributed by atoms with Crippen LogP contribution in [0.3, 0.4) is 0 Å². The molecule has 18 heavy (non-hydrogen) atoms. The minimum Gasteiger partial charge on any atom is -0.361 e. The maximum atomic E-state index is 11.6. The number of carbonyl (C=O) groups excluding carboxylic acids is 1. The van der Waals surface area contributed by atoms with E-state index >= 15 is 0 Å².